The standard InChI is InChI=1S/C14H22N2O3S2/c1-2-11-21(18,19)16-7-4-6-15(8-9-16)14(17)12-13-5-3-10-20-13/h3,5,10H,2,4,6-9,11-12H2,1H3. The Labute approximate surface area is 130 Å². The van der Waals surface area contributed by atoms with Gasteiger partial charge in [-0.2, -0.15) is 0 Å². The summed E-state index contributed by atoms with van der Waals surface area (Å²) in [6, 6.07) is 3.90. The zero-order chi connectivity index (χ0) is 15.3. The highest BCUT2D eigenvalue weighted by Crippen LogP contribution is 2.14. The van der Waals surface area contributed by atoms with Crippen LogP contribution in [0.3, 0.4) is 0 Å². The third-order valence-corrected chi connectivity index (χ3v) is 6.52. The molecule has 0 aliphatic carbocycles. The second-order valence-electron chi connectivity index (χ2n) is 5.21. The Morgan fingerprint density at radius 2 is 2.10 bits per heavy atom. The van der Waals surface area contributed by atoms with Gasteiger partial charge in [0.15, 0.2) is 0 Å². The first-order chi connectivity index (χ1) is 10.0. The quantitative estimate of drug-likeness (QED) is 0.823. The minimum atomic E-state index is -3.16. The number of hydrogen-bond acceptors (Lipinski definition) is 4. The zero-order valence-electron chi connectivity index (χ0n) is 12.3. The van der Waals surface area contributed by atoms with E-state index in [4.69, 9.17) is 0 Å². The number of carbonyl (C=O) groups is 1. The van der Waals surface area contributed by atoms with Crippen molar-refractivity contribution in [1.29, 1.82) is 0 Å². The lowest BCUT2D eigenvalue weighted by molar-refractivity contribution is -0.130. The summed E-state index contributed by atoms with van der Waals surface area (Å²) in [6.45, 7) is 3.94. The van der Waals surface area contributed by atoms with Crippen LogP contribution in [0.15, 0.2) is 17.5 Å². The van der Waals surface area contributed by atoms with Crippen LogP contribution >= 0.6 is 11.3 Å². The summed E-state index contributed by atoms with van der Waals surface area (Å²) in [7, 11) is -3.16. The Morgan fingerprint density at radius 1 is 1.29 bits per heavy atom. The minimum absolute atomic E-state index is 0.0900. The molecule has 21 heavy (non-hydrogen) atoms. The second kappa shape index (κ2) is 7.38. The summed E-state index contributed by atoms with van der Waals surface area (Å²) in [5.41, 5.74) is 0. The molecule has 118 valence electrons. The Hall–Kier alpha value is -0.920. The molecule has 0 radical (unpaired) electrons. The van der Waals surface area contributed by atoms with Gasteiger partial charge in [-0.1, -0.05) is 13.0 Å². The fourth-order valence-electron chi connectivity index (χ4n) is 2.48. The van der Waals surface area contributed by atoms with Gasteiger partial charge in [-0.25, -0.2) is 12.7 Å². The fourth-order valence-corrected chi connectivity index (χ4v) is 4.72. The molecule has 1 saturated heterocycles. The van der Waals surface area contributed by atoms with E-state index in [2.05, 4.69) is 0 Å². The molecule has 0 spiro atoms. The molecule has 5 nitrogen and oxygen atoms in total. The van der Waals surface area contributed by atoms with Gasteiger partial charge in [-0.15, -0.1) is 11.3 Å². The highest BCUT2D eigenvalue weighted by atomic mass is 32.2. The molecule has 0 saturated carbocycles. The number of carbonyl (C=O) groups excluding carboxylic acids is 1. The topological polar surface area (TPSA) is 57.7 Å². The SMILES string of the molecule is CCCS(=O)(=O)N1CCCN(C(=O)Cc2cccs2)CC1. The van der Waals surface area contributed by atoms with E-state index in [9.17, 15) is 13.2 Å². The molecule has 0 N–H and O–H groups in total. The monoisotopic (exact) mass is 330 g/mol. The predicted octanol–water partition coefficient (Wildman–Crippen LogP) is 1.56. The summed E-state index contributed by atoms with van der Waals surface area (Å²) in [5, 5.41) is 1.96. The van der Waals surface area contributed by atoms with Crippen molar-refractivity contribution in [3.8, 4) is 0 Å². The van der Waals surface area contributed by atoms with Crippen molar-refractivity contribution in [3.05, 3.63) is 22.4 Å². The summed E-state index contributed by atoms with van der Waals surface area (Å²) >= 11 is 1.58. The van der Waals surface area contributed by atoms with Crippen LogP contribution in [-0.2, 0) is 21.2 Å². The molecule has 7 heteroatoms. The van der Waals surface area contributed by atoms with Crippen molar-refractivity contribution in [1.82, 2.24) is 9.21 Å². The molecule has 0 unspecified atom stereocenters. The lowest BCUT2D eigenvalue weighted by Crippen LogP contribution is -2.38. The average Bonchev–Trinajstić information content (AvgIpc) is 2.79. The van der Waals surface area contributed by atoms with E-state index in [1.54, 1.807) is 16.2 Å². The van der Waals surface area contributed by atoms with E-state index in [1.165, 1.54) is 4.31 Å². The van der Waals surface area contributed by atoms with Crippen molar-refractivity contribution < 1.29 is 13.2 Å². The molecule has 1 aromatic rings. The fraction of sp³-hybridized carbons (Fsp3) is 0.643. The summed E-state index contributed by atoms with van der Waals surface area (Å²) in [4.78, 5) is 15.1. The molecule has 1 aliphatic rings. The van der Waals surface area contributed by atoms with Crippen molar-refractivity contribution >= 4 is 27.3 Å². The average molecular weight is 330 g/mol. The van der Waals surface area contributed by atoms with E-state index in [1.807, 2.05) is 24.4 Å². The van der Waals surface area contributed by atoms with Gasteiger partial charge in [0.25, 0.3) is 0 Å². The number of rotatable bonds is 5. The number of nitrogens with zero attached hydrogens (tertiary/aromatic N) is 2. The van der Waals surface area contributed by atoms with Crippen LogP contribution in [0.2, 0.25) is 0 Å². The lowest BCUT2D eigenvalue weighted by Gasteiger charge is -2.21. The molecule has 0 aromatic carbocycles. The highest BCUT2D eigenvalue weighted by Gasteiger charge is 2.26. The van der Waals surface area contributed by atoms with Crippen LogP contribution in [-0.4, -0.2) is 55.5 Å². The zero-order valence-corrected chi connectivity index (χ0v) is 14.0. The van der Waals surface area contributed by atoms with Crippen LogP contribution in [0.4, 0.5) is 0 Å². The third kappa shape index (κ3) is 4.52. The Kier molecular flexibility index (Phi) is 5.78. The molecule has 1 aromatic heterocycles. The van der Waals surface area contributed by atoms with E-state index in [0.29, 0.717) is 45.4 Å². The van der Waals surface area contributed by atoms with Gasteiger partial charge < -0.3 is 4.90 Å². The van der Waals surface area contributed by atoms with Gasteiger partial charge in [0.2, 0.25) is 15.9 Å². The van der Waals surface area contributed by atoms with Crippen LogP contribution in [0.5, 0.6) is 0 Å². The Bertz CT molecular complexity index is 555. The molecular weight excluding hydrogens is 308 g/mol. The van der Waals surface area contributed by atoms with Gasteiger partial charge in [0.05, 0.1) is 12.2 Å². The first-order valence-corrected chi connectivity index (χ1v) is 9.80. The third-order valence-electron chi connectivity index (χ3n) is 3.57. The molecular formula is C14H22N2O3S2. The number of hydrogen-bond donors (Lipinski definition) is 0. The Morgan fingerprint density at radius 3 is 2.76 bits per heavy atom. The molecule has 0 bridgehead atoms. The van der Waals surface area contributed by atoms with Gasteiger partial charge in [-0.05, 0) is 24.3 Å². The maximum atomic E-state index is 12.3. The largest absolute Gasteiger partial charge is 0.341 e. The first kappa shape index (κ1) is 16.5. The second-order valence-corrected chi connectivity index (χ2v) is 8.33. The number of sulfonamides is 1. The first-order valence-electron chi connectivity index (χ1n) is 7.31. The van der Waals surface area contributed by atoms with Gasteiger partial charge in [0, 0.05) is 31.1 Å². The van der Waals surface area contributed by atoms with Crippen LogP contribution in [0.1, 0.15) is 24.6 Å². The molecule has 0 atom stereocenters. The lowest BCUT2D eigenvalue weighted by atomic mass is 10.3. The van der Waals surface area contributed by atoms with Crippen LogP contribution in [0, 0.1) is 0 Å². The van der Waals surface area contributed by atoms with Crippen molar-refractivity contribution in [2.45, 2.75) is 26.2 Å². The Balaban J connectivity index is 1.93. The summed E-state index contributed by atoms with van der Waals surface area (Å²) in [5.74, 6) is 0.281. The highest BCUT2D eigenvalue weighted by molar-refractivity contribution is 7.89. The molecule has 1 fully saturated rings. The smallest absolute Gasteiger partial charge is 0.227 e. The molecule has 1 aliphatic heterocycles. The summed E-state index contributed by atoms with van der Waals surface area (Å²) in [6.07, 6.45) is 1.75. The predicted molar refractivity (Wildman–Crippen MR) is 84.9 cm³/mol. The van der Waals surface area contributed by atoms with Crippen molar-refractivity contribution in [2.75, 3.05) is 31.9 Å². The van der Waals surface area contributed by atoms with E-state index >= 15 is 0 Å². The maximum absolute atomic E-state index is 12.3. The molecule has 2 rings (SSSR count). The maximum Gasteiger partial charge on any atom is 0.227 e. The van der Waals surface area contributed by atoms with E-state index in [-0.39, 0.29) is 11.7 Å². The van der Waals surface area contributed by atoms with Crippen molar-refractivity contribution in [2.24, 2.45) is 0 Å². The van der Waals surface area contributed by atoms with E-state index in [0.717, 1.165) is 4.88 Å². The van der Waals surface area contributed by atoms with Gasteiger partial charge in [-0.3, -0.25) is 4.79 Å². The van der Waals surface area contributed by atoms with E-state index < -0.39 is 10.0 Å². The summed E-state index contributed by atoms with van der Waals surface area (Å²) < 4.78 is 25.7. The number of amides is 1. The minimum Gasteiger partial charge on any atom is -0.341 e. The normalized spacial score (nSPS) is 17.7. The number of thiophene rings is 1. The molecule has 2 heterocycles. The molecule has 1 amide bonds. The van der Waals surface area contributed by atoms with Gasteiger partial charge in [0.1, 0.15) is 0 Å². The van der Waals surface area contributed by atoms with Crippen LogP contribution < -0.4 is 0 Å². The van der Waals surface area contributed by atoms with Crippen molar-refractivity contribution in [3.63, 3.8) is 0 Å². The van der Waals surface area contributed by atoms with Crippen LogP contribution in [0.25, 0.3) is 0 Å². The van der Waals surface area contributed by atoms with Gasteiger partial charge >= 0.3 is 0 Å².